The minimum Gasteiger partial charge on any atom is -0.299 e. The number of carbonyl (C=O) groups excluding carboxylic acids is 1. The Morgan fingerprint density at radius 3 is 1.53 bits per heavy atom. The van der Waals surface area contributed by atoms with Gasteiger partial charge in [0.15, 0.2) is 0 Å². The van der Waals surface area contributed by atoms with Crippen LogP contribution in [-0.2, 0) is 4.79 Å². The number of hydrogen-bond donors (Lipinski definition) is 0. The van der Waals surface area contributed by atoms with E-state index in [9.17, 15) is 4.79 Å². The molecular weight excluding hydrogens is 184 g/mol. The molecular formula is C14H26O. The number of hydrogen-bond acceptors (Lipinski definition) is 1. The van der Waals surface area contributed by atoms with Gasteiger partial charge < -0.3 is 0 Å². The van der Waals surface area contributed by atoms with Crippen LogP contribution in [0.3, 0.4) is 0 Å². The zero-order chi connectivity index (χ0) is 11.9. The van der Waals surface area contributed by atoms with Crippen molar-refractivity contribution >= 4 is 5.78 Å². The summed E-state index contributed by atoms with van der Waals surface area (Å²) in [6.45, 7) is 13.3. The van der Waals surface area contributed by atoms with Gasteiger partial charge in [-0.25, -0.2) is 0 Å². The molecule has 0 aliphatic heterocycles. The minimum absolute atomic E-state index is 0.206. The van der Waals surface area contributed by atoms with Crippen molar-refractivity contribution in [2.45, 2.75) is 60.8 Å². The predicted octanol–water partition coefficient (Wildman–Crippen LogP) is 4.06. The lowest BCUT2D eigenvalue weighted by atomic mass is 9.53. The minimum atomic E-state index is 0.206. The number of carbonyl (C=O) groups is 1. The van der Waals surface area contributed by atoms with Crippen LogP contribution < -0.4 is 0 Å². The SMILES string of the molecule is CCC(C)(C)[C@@H]1C[C@H](C(C)(C)CC)C1=O. The highest BCUT2D eigenvalue weighted by molar-refractivity contribution is 5.90. The van der Waals surface area contributed by atoms with Gasteiger partial charge in [-0.15, -0.1) is 0 Å². The molecule has 1 aliphatic rings. The Kier molecular flexibility index (Phi) is 3.33. The van der Waals surface area contributed by atoms with E-state index in [-0.39, 0.29) is 10.8 Å². The summed E-state index contributed by atoms with van der Waals surface area (Å²) in [5, 5.41) is 0. The van der Waals surface area contributed by atoms with Crippen LogP contribution in [0.25, 0.3) is 0 Å². The molecule has 1 nitrogen and oxygen atoms in total. The van der Waals surface area contributed by atoms with Gasteiger partial charge in [-0.1, -0.05) is 54.4 Å². The largest absolute Gasteiger partial charge is 0.299 e. The Morgan fingerprint density at radius 2 is 1.33 bits per heavy atom. The molecule has 0 unspecified atom stereocenters. The topological polar surface area (TPSA) is 17.1 Å². The van der Waals surface area contributed by atoms with E-state index in [0.29, 0.717) is 17.6 Å². The zero-order valence-corrected chi connectivity index (χ0v) is 11.2. The van der Waals surface area contributed by atoms with Crippen LogP contribution in [0.4, 0.5) is 0 Å². The lowest BCUT2D eigenvalue weighted by molar-refractivity contribution is -0.149. The molecule has 0 spiro atoms. The van der Waals surface area contributed by atoms with Crippen LogP contribution in [0.1, 0.15) is 60.8 Å². The predicted molar refractivity (Wildman–Crippen MR) is 64.7 cm³/mol. The average molecular weight is 210 g/mol. The lowest BCUT2D eigenvalue weighted by Gasteiger charge is -2.49. The van der Waals surface area contributed by atoms with Gasteiger partial charge in [0.05, 0.1) is 0 Å². The highest BCUT2D eigenvalue weighted by atomic mass is 16.1. The van der Waals surface area contributed by atoms with Crippen molar-refractivity contribution < 1.29 is 4.79 Å². The van der Waals surface area contributed by atoms with Crippen molar-refractivity contribution in [3.05, 3.63) is 0 Å². The number of Topliss-reactive ketones (excluding diaryl/α,β-unsaturated/α-hetero) is 1. The standard InChI is InChI=1S/C14H26O/c1-7-13(3,4)10-9-11(12(10)15)14(5,6)8-2/h10-11H,7-9H2,1-6H3/t10-,11+. The van der Waals surface area contributed by atoms with Crippen LogP contribution >= 0.6 is 0 Å². The maximum absolute atomic E-state index is 12.2. The summed E-state index contributed by atoms with van der Waals surface area (Å²) >= 11 is 0. The molecule has 0 heterocycles. The van der Waals surface area contributed by atoms with Gasteiger partial charge in [0.1, 0.15) is 5.78 Å². The first-order chi connectivity index (χ1) is 6.76. The van der Waals surface area contributed by atoms with Crippen LogP contribution in [0.15, 0.2) is 0 Å². The van der Waals surface area contributed by atoms with Gasteiger partial charge >= 0.3 is 0 Å². The van der Waals surface area contributed by atoms with Gasteiger partial charge in [0.25, 0.3) is 0 Å². The number of rotatable bonds is 4. The molecule has 0 aromatic carbocycles. The van der Waals surface area contributed by atoms with Gasteiger partial charge in [-0.3, -0.25) is 4.79 Å². The van der Waals surface area contributed by atoms with Crippen LogP contribution in [-0.4, -0.2) is 5.78 Å². The highest BCUT2D eigenvalue weighted by Gasteiger charge is 2.51. The van der Waals surface area contributed by atoms with Crippen molar-refractivity contribution in [3.63, 3.8) is 0 Å². The first kappa shape index (κ1) is 12.7. The van der Waals surface area contributed by atoms with Gasteiger partial charge in [0, 0.05) is 11.8 Å². The van der Waals surface area contributed by atoms with E-state index < -0.39 is 0 Å². The molecule has 15 heavy (non-hydrogen) atoms. The van der Waals surface area contributed by atoms with Crippen molar-refractivity contribution in [1.29, 1.82) is 0 Å². The first-order valence-electron chi connectivity index (χ1n) is 6.30. The number of ketones is 1. The van der Waals surface area contributed by atoms with Gasteiger partial charge in [-0.05, 0) is 17.3 Å². The molecule has 0 saturated heterocycles. The van der Waals surface area contributed by atoms with Crippen LogP contribution in [0.5, 0.6) is 0 Å². The van der Waals surface area contributed by atoms with Gasteiger partial charge in [-0.2, -0.15) is 0 Å². The molecule has 0 radical (unpaired) electrons. The second kappa shape index (κ2) is 3.92. The smallest absolute Gasteiger partial charge is 0.140 e. The van der Waals surface area contributed by atoms with E-state index in [1.54, 1.807) is 0 Å². The second-order valence-corrected chi connectivity index (χ2v) is 6.43. The Bertz CT molecular complexity index is 226. The maximum Gasteiger partial charge on any atom is 0.140 e. The monoisotopic (exact) mass is 210 g/mol. The van der Waals surface area contributed by atoms with Crippen LogP contribution in [0.2, 0.25) is 0 Å². The summed E-state index contributed by atoms with van der Waals surface area (Å²) in [6, 6.07) is 0. The fourth-order valence-electron chi connectivity index (χ4n) is 2.45. The Hall–Kier alpha value is -0.330. The van der Waals surface area contributed by atoms with Gasteiger partial charge in [0.2, 0.25) is 0 Å². The van der Waals surface area contributed by atoms with E-state index in [0.717, 1.165) is 19.3 Å². The summed E-state index contributed by atoms with van der Waals surface area (Å²) in [5.41, 5.74) is 0.412. The normalized spacial score (nSPS) is 27.7. The molecule has 1 aliphatic carbocycles. The molecule has 1 fully saturated rings. The van der Waals surface area contributed by atoms with E-state index in [1.807, 2.05) is 0 Å². The second-order valence-electron chi connectivity index (χ2n) is 6.43. The van der Waals surface area contributed by atoms with Crippen LogP contribution in [0, 0.1) is 22.7 Å². The quantitative estimate of drug-likeness (QED) is 0.683. The Labute approximate surface area is 94.6 Å². The van der Waals surface area contributed by atoms with Crippen molar-refractivity contribution in [3.8, 4) is 0 Å². The molecule has 88 valence electrons. The lowest BCUT2D eigenvalue weighted by Crippen LogP contribution is -2.51. The molecule has 1 saturated carbocycles. The third-order valence-corrected chi connectivity index (χ3v) is 4.87. The fourth-order valence-corrected chi connectivity index (χ4v) is 2.45. The highest BCUT2D eigenvalue weighted by Crippen LogP contribution is 2.51. The Balaban J connectivity index is 2.67. The molecule has 2 atom stereocenters. The summed E-state index contributed by atoms with van der Waals surface area (Å²) in [6.07, 6.45) is 3.31. The zero-order valence-electron chi connectivity index (χ0n) is 11.2. The molecule has 0 bridgehead atoms. The summed E-state index contributed by atoms with van der Waals surface area (Å²) < 4.78 is 0. The van der Waals surface area contributed by atoms with E-state index in [1.165, 1.54) is 0 Å². The van der Waals surface area contributed by atoms with Crippen molar-refractivity contribution in [2.24, 2.45) is 22.7 Å². The Morgan fingerprint density at radius 1 is 1.00 bits per heavy atom. The average Bonchev–Trinajstić information content (AvgIpc) is 2.14. The van der Waals surface area contributed by atoms with Crippen molar-refractivity contribution in [2.75, 3.05) is 0 Å². The molecule has 1 heteroatoms. The maximum atomic E-state index is 12.2. The fraction of sp³-hybridized carbons (Fsp3) is 0.929. The molecule has 0 amide bonds. The summed E-state index contributed by atoms with van der Waals surface area (Å²) in [5.74, 6) is 1.16. The summed E-state index contributed by atoms with van der Waals surface area (Å²) in [7, 11) is 0. The molecule has 1 rings (SSSR count). The molecule has 0 aromatic heterocycles. The molecule has 0 aromatic rings. The van der Waals surface area contributed by atoms with E-state index in [2.05, 4.69) is 41.5 Å². The van der Waals surface area contributed by atoms with E-state index >= 15 is 0 Å². The van der Waals surface area contributed by atoms with E-state index in [4.69, 9.17) is 0 Å². The van der Waals surface area contributed by atoms with Crippen molar-refractivity contribution in [1.82, 2.24) is 0 Å². The first-order valence-corrected chi connectivity index (χ1v) is 6.30. The third-order valence-electron chi connectivity index (χ3n) is 4.87. The third kappa shape index (κ3) is 2.11. The molecule has 0 N–H and O–H groups in total. The summed E-state index contributed by atoms with van der Waals surface area (Å²) in [4.78, 5) is 12.2.